The van der Waals surface area contributed by atoms with Crippen LogP contribution in [-0.4, -0.2) is 24.9 Å². The third kappa shape index (κ3) is 1.64. The van der Waals surface area contributed by atoms with E-state index in [0.717, 1.165) is 32.5 Å². The van der Waals surface area contributed by atoms with Crippen molar-refractivity contribution in [3.63, 3.8) is 0 Å². The van der Waals surface area contributed by atoms with E-state index in [0.29, 0.717) is 5.65 Å². The van der Waals surface area contributed by atoms with Gasteiger partial charge < -0.3 is 9.97 Å². The first-order chi connectivity index (χ1) is 9.31. The summed E-state index contributed by atoms with van der Waals surface area (Å²) in [5, 5.41) is 1.04. The standard InChI is InChI=1S/C13H8BrN5/c14-10-4-3-9-13(18-10)19-12(17-9)8-6-16-11-7(8)2-1-5-15-11/h1-6H,(H,15,16)(H,17,18,19). The van der Waals surface area contributed by atoms with Crippen molar-refractivity contribution in [1.29, 1.82) is 0 Å². The van der Waals surface area contributed by atoms with Crippen LogP contribution in [-0.2, 0) is 0 Å². The third-order valence-electron chi connectivity index (χ3n) is 3.02. The lowest BCUT2D eigenvalue weighted by Gasteiger charge is -1.92. The van der Waals surface area contributed by atoms with Gasteiger partial charge in [0.15, 0.2) is 5.65 Å². The predicted octanol–water partition coefficient (Wildman–Crippen LogP) is 3.26. The summed E-state index contributed by atoms with van der Waals surface area (Å²) in [6, 6.07) is 7.78. The van der Waals surface area contributed by atoms with E-state index < -0.39 is 0 Å². The summed E-state index contributed by atoms with van der Waals surface area (Å²) < 4.78 is 0.777. The van der Waals surface area contributed by atoms with Gasteiger partial charge in [-0.3, -0.25) is 0 Å². The number of fused-ring (bicyclic) bond motifs is 2. The number of hydrogen-bond acceptors (Lipinski definition) is 3. The average molecular weight is 314 g/mol. The van der Waals surface area contributed by atoms with Crippen molar-refractivity contribution in [1.82, 2.24) is 24.9 Å². The summed E-state index contributed by atoms with van der Waals surface area (Å²) in [5.74, 6) is 0.792. The van der Waals surface area contributed by atoms with Crippen LogP contribution in [0.2, 0.25) is 0 Å². The fourth-order valence-corrected chi connectivity index (χ4v) is 2.45. The number of nitrogens with one attached hydrogen (secondary N) is 2. The molecule has 4 aromatic heterocycles. The van der Waals surface area contributed by atoms with E-state index in [1.165, 1.54) is 0 Å². The highest BCUT2D eigenvalue weighted by atomic mass is 79.9. The number of nitrogens with zero attached hydrogens (tertiary/aromatic N) is 3. The SMILES string of the molecule is Brc1ccc2[nH]c(-c3c[nH]c4ncccc34)nc2n1. The highest BCUT2D eigenvalue weighted by molar-refractivity contribution is 9.10. The van der Waals surface area contributed by atoms with Gasteiger partial charge >= 0.3 is 0 Å². The summed E-state index contributed by atoms with van der Waals surface area (Å²) in [7, 11) is 0. The summed E-state index contributed by atoms with van der Waals surface area (Å²) in [5.41, 5.74) is 3.46. The number of pyridine rings is 2. The van der Waals surface area contributed by atoms with Gasteiger partial charge in [0.25, 0.3) is 0 Å². The van der Waals surface area contributed by atoms with Gasteiger partial charge in [0.1, 0.15) is 16.1 Å². The van der Waals surface area contributed by atoms with Gasteiger partial charge in [0.2, 0.25) is 0 Å². The van der Waals surface area contributed by atoms with Crippen LogP contribution in [0.3, 0.4) is 0 Å². The second kappa shape index (κ2) is 3.89. The molecule has 0 fully saturated rings. The van der Waals surface area contributed by atoms with Gasteiger partial charge in [0.05, 0.1) is 5.52 Å². The van der Waals surface area contributed by atoms with E-state index in [1.54, 1.807) is 6.20 Å². The minimum absolute atomic E-state index is 0.697. The Balaban J connectivity index is 1.99. The van der Waals surface area contributed by atoms with Crippen molar-refractivity contribution < 1.29 is 0 Å². The number of rotatable bonds is 1. The monoisotopic (exact) mass is 313 g/mol. The van der Waals surface area contributed by atoms with Crippen LogP contribution in [0.1, 0.15) is 0 Å². The Kier molecular flexibility index (Phi) is 2.19. The van der Waals surface area contributed by atoms with E-state index in [4.69, 9.17) is 0 Å². The second-order valence-electron chi connectivity index (χ2n) is 4.19. The fourth-order valence-electron chi connectivity index (χ4n) is 2.15. The van der Waals surface area contributed by atoms with Gasteiger partial charge in [-0.25, -0.2) is 15.0 Å². The minimum atomic E-state index is 0.697. The van der Waals surface area contributed by atoms with E-state index in [1.807, 2.05) is 30.5 Å². The molecule has 5 nitrogen and oxygen atoms in total. The van der Waals surface area contributed by atoms with Crippen molar-refractivity contribution >= 4 is 38.1 Å². The van der Waals surface area contributed by atoms with Crippen molar-refractivity contribution in [2.45, 2.75) is 0 Å². The molecule has 0 unspecified atom stereocenters. The van der Waals surface area contributed by atoms with Crippen LogP contribution < -0.4 is 0 Å². The number of imidazole rings is 1. The molecule has 0 bridgehead atoms. The Morgan fingerprint density at radius 2 is 2.05 bits per heavy atom. The summed E-state index contributed by atoms with van der Waals surface area (Å²) >= 11 is 3.35. The first kappa shape index (κ1) is 10.7. The molecule has 0 radical (unpaired) electrons. The molecule has 6 heteroatoms. The van der Waals surface area contributed by atoms with Crippen LogP contribution >= 0.6 is 15.9 Å². The van der Waals surface area contributed by atoms with Crippen molar-refractivity contribution in [3.8, 4) is 11.4 Å². The quantitative estimate of drug-likeness (QED) is 0.530. The van der Waals surface area contributed by atoms with E-state index in [2.05, 4.69) is 40.8 Å². The summed E-state index contributed by atoms with van der Waals surface area (Å²) in [6.07, 6.45) is 3.67. The molecule has 92 valence electrons. The first-order valence-electron chi connectivity index (χ1n) is 5.76. The molecule has 0 amide bonds. The topological polar surface area (TPSA) is 70.2 Å². The van der Waals surface area contributed by atoms with Gasteiger partial charge in [-0.1, -0.05) is 0 Å². The second-order valence-corrected chi connectivity index (χ2v) is 5.00. The zero-order valence-electron chi connectivity index (χ0n) is 9.68. The molecule has 0 aromatic carbocycles. The molecule has 4 heterocycles. The molecule has 4 aromatic rings. The Bertz CT molecular complexity index is 892. The van der Waals surface area contributed by atoms with Gasteiger partial charge in [0, 0.05) is 23.3 Å². The molecule has 0 aliphatic rings. The number of halogens is 1. The number of aromatic nitrogens is 5. The highest BCUT2D eigenvalue weighted by Crippen LogP contribution is 2.27. The summed E-state index contributed by atoms with van der Waals surface area (Å²) in [4.78, 5) is 19.5. The average Bonchev–Trinajstić information content (AvgIpc) is 3.00. The molecular formula is C13H8BrN5. The van der Waals surface area contributed by atoms with E-state index in [9.17, 15) is 0 Å². The number of aromatic amines is 2. The smallest absolute Gasteiger partial charge is 0.179 e. The molecule has 0 saturated heterocycles. The molecule has 0 atom stereocenters. The fraction of sp³-hybridized carbons (Fsp3) is 0. The number of hydrogen-bond donors (Lipinski definition) is 2. The Morgan fingerprint density at radius 3 is 3.00 bits per heavy atom. The van der Waals surface area contributed by atoms with Crippen LogP contribution in [0.5, 0.6) is 0 Å². The zero-order chi connectivity index (χ0) is 12.8. The van der Waals surface area contributed by atoms with Crippen molar-refractivity contribution in [2.75, 3.05) is 0 Å². The van der Waals surface area contributed by atoms with E-state index >= 15 is 0 Å². The lowest BCUT2D eigenvalue weighted by Crippen LogP contribution is -1.79. The Morgan fingerprint density at radius 1 is 1.11 bits per heavy atom. The van der Waals surface area contributed by atoms with Crippen LogP contribution in [0.25, 0.3) is 33.6 Å². The molecule has 0 spiro atoms. The molecular weight excluding hydrogens is 306 g/mol. The lowest BCUT2D eigenvalue weighted by molar-refractivity contribution is 1.28. The largest absolute Gasteiger partial charge is 0.345 e. The van der Waals surface area contributed by atoms with Crippen LogP contribution in [0.4, 0.5) is 0 Å². The molecule has 19 heavy (non-hydrogen) atoms. The predicted molar refractivity (Wildman–Crippen MR) is 76.7 cm³/mol. The lowest BCUT2D eigenvalue weighted by atomic mass is 10.2. The minimum Gasteiger partial charge on any atom is -0.345 e. The molecule has 0 saturated carbocycles. The van der Waals surface area contributed by atoms with E-state index in [-0.39, 0.29) is 0 Å². The Hall–Kier alpha value is -2.21. The molecule has 0 aliphatic carbocycles. The maximum absolute atomic E-state index is 4.52. The molecule has 4 rings (SSSR count). The van der Waals surface area contributed by atoms with Crippen molar-refractivity contribution in [3.05, 3.63) is 41.3 Å². The maximum atomic E-state index is 4.52. The van der Waals surface area contributed by atoms with Crippen molar-refractivity contribution in [2.24, 2.45) is 0 Å². The van der Waals surface area contributed by atoms with Crippen LogP contribution in [0, 0.1) is 0 Å². The molecule has 2 N–H and O–H groups in total. The third-order valence-corrected chi connectivity index (χ3v) is 3.46. The zero-order valence-corrected chi connectivity index (χ0v) is 11.3. The molecule has 0 aliphatic heterocycles. The van der Waals surface area contributed by atoms with Crippen LogP contribution in [0.15, 0.2) is 41.3 Å². The van der Waals surface area contributed by atoms with Gasteiger partial charge in [-0.15, -0.1) is 0 Å². The first-order valence-corrected chi connectivity index (χ1v) is 6.55. The normalized spacial score (nSPS) is 11.4. The highest BCUT2D eigenvalue weighted by Gasteiger charge is 2.11. The summed E-state index contributed by atoms with van der Waals surface area (Å²) in [6.45, 7) is 0. The van der Waals surface area contributed by atoms with Gasteiger partial charge in [-0.05, 0) is 40.2 Å². The van der Waals surface area contributed by atoms with Gasteiger partial charge in [-0.2, -0.15) is 0 Å². The number of H-pyrrole nitrogens is 2. The Labute approximate surface area is 116 Å². The maximum Gasteiger partial charge on any atom is 0.179 e.